The van der Waals surface area contributed by atoms with Crippen LogP contribution in [0.2, 0.25) is 0 Å². The number of fused-ring (bicyclic) bond motifs is 7. The molecule has 0 bridgehead atoms. The highest BCUT2D eigenvalue weighted by molar-refractivity contribution is 6.15. The van der Waals surface area contributed by atoms with E-state index >= 15 is 0 Å². The van der Waals surface area contributed by atoms with Crippen LogP contribution in [0.1, 0.15) is 57.9 Å². The molecule has 0 radical (unpaired) electrons. The van der Waals surface area contributed by atoms with Crippen LogP contribution in [-0.2, 0) is 12.8 Å². The highest BCUT2D eigenvalue weighted by Crippen LogP contribution is 2.38. The van der Waals surface area contributed by atoms with Crippen LogP contribution in [0.3, 0.4) is 0 Å². The van der Waals surface area contributed by atoms with E-state index in [1.165, 1.54) is 0 Å². The Balaban J connectivity index is 1.36. The summed E-state index contributed by atoms with van der Waals surface area (Å²) < 4.78 is 235. The first kappa shape index (κ1) is 10.8. The molecule has 9 rings (SSSR count). The average molecular weight is 601 g/mol. The fourth-order valence-electron chi connectivity index (χ4n) is 5.44. The summed E-state index contributed by atoms with van der Waals surface area (Å²) in [7, 11) is 0. The van der Waals surface area contributed by atoms with Gasteiger partial charge in [0, 0.05) is 16.2 Å². The van der Waals surface area contributed by atoms with Crippen molar-refractivity contribution in [2.45, 2.75) is 12.8 Å². The van der Waals surface area contributed by atoms with Gasteiger partial charge in [0.15, 0.2) is 0 Å². The largest absolute Gasteiger partial charge is 0.455 e. The first-order chi connectivity index (χ1) is 33.1. The minimum atomic E-state index is -0.906. The fourth-order valence-corrected chi connectivity index (χ4v) is 5.44. The van der Waals surface area contributed by atoms with Gasteiger partial charge in [0.05, 0.1) is 35.6 Å². The lowest BCUT2D eigenvalue weighted by atomic mass is 9.86. The van der Waals surface area contributed by atoms with Crippen molar-refractivity contribution in [3.05, 3.63) is 179 Å². The quantitative estimate of drug-likeness (QED) is 0.179. The second-order valence-corrected chi connectivity index (χ2v) is 10.0. The molecule has 1 aromatic heterocycles. The molecular formula is C44H30O. The summed E-state index contributed by atoms with van der Waals surface area (Å²) in [5, 5.41) is -3.11. The van der Waals surface area contributed by atoms with Crippen molar-refractivity contribution in [2.24, 2.45) is 0 Å². The standard InChI is InChI=1S/C44H30O/c1-2-10-29(11-3-1)26-40-35-14-6-8-16-37(35)41(38-17-9-7-15-36(38)40)27-30-18-20-31(21-19-30)33-23-25-43-42(28-33)39-24-22-32-12-4-5-13-34(32)44(39)45-43/h1-25,28H,26-27H2/i1D,2D,3D,4D,5D,6D,7D,8D,9D,10D,11D,12D,13D,14D,15D,16D,17D,18D,19D,20D,21D,22D,23D,24D,25D,28D. The number of hydrogen-bond acceptors (Lipinski definition) is 1. The Morgan fingerprint density at radius 3 is 1.58 bits per heavy atom. The molecule has 1 heteroatoms. The van der Waals surface area contributed by atoms with Gasteiger partial charge in [-0.2, -0.15) is 0 Å². The van der Waals surface area contributed by atoms with Gasteiger partial charge < -0.3 is 4.42 Å². The Kier molecular flexibility index (Phi) is 2.51. The third-order valence-electron chi connectivity index (χ3n) is 7.45. The molecule has 0 saturated carbocycles. The van der Waals surface area contributed by atoms with Gasteiger partial charge in [-0.15, -0.1) is 0 Å². The maximum Gasteiger partial charge on any atom is 0.143 e. The maximum atomic E-state index is 9.39. The Morgan fingerprint density at radius 2 is 0.933 bits per heavy atom. The average Bonchev–Trinajstić information content (AvgIpc) is 3.75. The molecule has 0 unspecified atom stereocenters. The van der Waals surface area contributed by atoms with Crippen molar-refractivity contribution in [1.82, 2.24) is 0 Å². The van der Waals surface area contributed by atoms with E-state index in [4.69, 9.17) is 30.5 Å². The molecule has 0 fully saturated rings. The van der Waals surface area contributed by atoms with Gasteiger partial charge in [0.25, 0.3) is 0 Å². The van der Waals surface area contributed by atoms with E-state index in [0.29, 0.717) is 0 Å². The lowest BCUT2D eigenvalue weighted by Gasteiger charge is -2.17. The van der Waals surface area contributed by atoms with Gasteiger partial charge in [-0.25, -0.2) is 0 Å². The van der Waals surface area contributed by atoms with Crippen LogP contribution in [0.4, 0.5) is 0 Å². The molecule has 1 heterocycles. The highest BCUT2D eigenvalue weighted by atomic mass is 16.3. The second kappa shape index (κ2) is 10.5. The van der Waals surface area contributed by atoms with Gasteiger partial charge in [0.2, 0.25) is 0 Å². The summed E-state index contributed by atoms with van der Waals surface area (Å²) in [6.07, 6.45) is -1.54. The summed E-state index contributed by atoms with van der Waals surface area (Å²) in [5.41, 5.74) is -3.76. The van der Waals surface area contributed by atoms with Crippen molar-refractivity contribution < 1.29 is 40.1 Å². The Bertz CT molecular complexity index is 3870. The number of furan rings is 1. The van der Waals surface area contributed by atoms with Gasteiger partial charge >= 0.3 is 0 Å². The van der Waals surface area contributed by atoms with Crippen molar-refractivity contribution in [3.63, 3.8) is 0 Å². The molecule has 45 heavy (non-hydrogen) atoms. The maximum absolute atomic E-state index is 9.39. The van der Waals surface area contributed by atoms with E-state index in [-0.39, 0.29) is 32.8 Å². The smallest absolute Gasteiger partial charge is 0.143 e. The van der Waals surface area contributed by atoms with Crippen LogP contribution in [0.5, 0.6) is 0 Å². The second-order valence-electron chi connectivity index (χ2n) is 10.0. The summed E-state index contributed by atoms with van der Waals surface area (Å²) >= 11 is 0. The van der Waals surface area contributed by atoms with Crippen LogP contribution in [-0.4, -0.2) is 0 Å². The first-order valence-electron chi connectivity index (χ1n) is 26.6. The number of hydrogen-bond donors (Lipinski definition) is 0. The molecule has 212 valence electrons. The Labute approximate surface area is 298 Å². The third-order valence-corrected chi connectivity index (χ3v) is 7.45. The zero-order valence-corrected chi connectivity index (χ0v) is 22.8. The SMILES string of the molecule is [2H]c1c([2H])c([2H])c(Cc2c3c([2H])c([2H])c([2H])c([2H])c3c(Cc3c([2H])c([2H])c(-c4c([2H])c([2H])c5oc6c7c([2H])c([2H])c([2H])c([2H])c7c([2H])c([2H])c6c5c4[2H])c([2H])c3[2H])c3c([2H])c([2H])c([2H])c([2H])c23)c([2H])c1[2H]. The normalized spacial score (nSPS) is 19.8. The summed E-state index contributed by atoms with van der Waals surface area (Å²) in [4.78, 5) is 0. The van der Waals surface area contributed by atoms with Gasteiger partial charge in [-0.3, -0.25) is 0 Å². The molecule has 0 N–H and O–H groups in total. The van der Waals surface area contributed by atoms with Crippen molar-refractivity contribution in [1.29, 1.82) is 0 Å². The van der Waals surface area contributed by atoms with Crippen molar-refractivity contribution >= 4 is 54.3 Å². The minimum absolute atomic E-state index is 0.271. The molecule has 0 aliphatic carbocycles. The lowest BCUT2D eigenvalue weighted by Crippen LogP contribution is -1.98. The molecule has 1 nitrogen and oxygen atoms in total. The van der Waals surface area contributed by atoms with Crippen LogP contribution in [0, 0.1) is 0 Å². The summed E-state index contributed by atoms with van der Waals surface area (Å²) in [6.45, 7) is 0. The van der Waals surface area contributed by atoms with Gasteiger partial charge in [-0.05, 0) is 91.3 Å². The van der Waals surface area contributed by atoms with Crippen LogP contribution in [0.25, 0.3) is 65.4 Å². The third kappa shape index (κ3) is 4.39. The van der Waals surface area contributed by atoms with Crippen molar-refractivity contribution in [2.75, 3.05) is 0 Å². The van der Waals surface area contributed by atoms with E-state index < -0.39 is 225 Å². The molecular weight excluding hydrogens is 544 g/mol. The van der Waals surface area contributed by atoms with Gasteiger partial charge in [0.1, 0.15) is 11.2 Å². The zero-order chi connectivity index (χ0) is 52.4. The first-order valence-corrected chi connectivity index (χ1v) is 13.6. The summed E-state index contributed by atoms with van der Waals surface area (Å²) in [6, 6.07) is -20.0. The predicted molar refractivity (Wildman–Crippen MR) is 190 cm³/mol. The summed E-state index contributed by atoms with van der Waals surface area (Å²) in [5.74, 6) is 0. The van der Waals surface area contributed by atoms with Crippen LogP contribution < -0.4 is 0 Å². The van der Waals surface area contributed by atoms with E-state index in [1.54, 1.807) is 0 Å². The van der Waals surface area contributed by atoms with E-state index in [1.807, 2.05) is 0 Å². The fraction of sp³-hybridized carbons (Fsp3) is 0.0455. The van der Waals surface area contributed by atoms with Crippen LogP contribution >= 0.6 is 0 Å². The molecule has 0 aliphatic heterocycles. The topological polar surface area (TPSA) is 13.1 Å². The monoisotopic (exact) mass is 600 g/mol. The molecule has 9 aromatic rings. The van der Waals surface area contributed by atoms with E-state index in [9.17, 15) is 9.60 Å². The Hall–Kier alpha value is -5.66. The van der Waals surface area contributed by atoms with Crippen LogP contribution in [0.15, 0.2) is 162 Å². The lowest BCUT2D eigenvalue weighted by molar-refractivity contribution is 0.672. The molecule has 0 amide bonds. The molecule has 8 aromatic carbocycles. The molecule has 0 atom stereocenters. The Morgan fingerprint density at radius 1 is 0.400 bits per heavy atom. The van der Waals surface area contributed by atoms with E-state index in [0.717, 1.165) is 0 Å². The molecule has 0 spiro atoms. The molecule has 0 saturated heterocycles. The highest BCUT2D eigenvalue weighted by Gasteiger charge is 2.15. The molecule has 0 aliphatic rings. The van der Waals surface area contributed by atoms with Crippen molar-refractivity contribution in [3.8, 4) is 11.1 Å². The van der Waals surface area contributed by atoms with E-state index in [2.05, 4.69) is 0 Å². The number of benzene rings is 8. The number of rotatable bonds is 5. The minimum Gasteiger partial charge on any atom is -0.455 e. The van der Waals surface area contributed by atoms with Gasteiger partial charge in [-0.1, -0.05) is 139 Å². The zero-order valence-electron chi connectivity index (χ0n) is 48.8. The predicted octanol–water partition coefficient (Wildman–Crippen LogP) is 11.9.